The second-order valence-corrected chi connectivity index (χ2v) is 60.5. The number of rotatable bonds is 24. The zero-order chi connectivity index (χ0) is 28.6. The van der Waals surface area contributed by atoms with E-state index < -0.39 is 81.6 Å². The summed E-state index contributed by atoms with van der Waals surface area (Å²) < 4.78 is 31.4. The van der Waals surface area contributed by atoms with Gasteiger partial charge in [0.1, 0.15) is 0 Å². The van der Waals surface area contributed by atoms with Crippen LogP contribution in [0.5, 0.6) is 0 Å². The van der Waals surface area contributed by atoms with Gasteiger partial charge in [-0.3, -0.25) is 0 Å². The average Bonchev–Trinajstić information content (AvgIpc) is 2.97. The third-order valence-electron chi connectivity index (χ3n) is 8.91. The quantitative estimate of drug-likeness (QED) is 0.0847. The Balaban J connectivity index is 6.79. The van der Waals surface area contributed by atoms with E-state index in [0.29, 0.717) is 0 Å². The molecule has 0 fully saturated rings. The average molecular weight is 940 g/mol. The molecule has 0 aromatic rings. The molecule has 200 valence electrons. The summed E-state index contributed by atoms with van der Waals surface area (Å²) in [4.78, 5) is 0. The minimum absolute atomic E-state index is 1.20. The fourth-order valence-corrected chi connectivity index (χ4v) is 55.9. The van der Waals surface area contributed by atoms with Crippen molar-refractivity contribution in [1.29, 1.82) is 0 Å². The first-order valence-corrected chi connectivity index (χ1v) is 43.9. The van der Waals surface area contributed by atoms with Crippen molar-refractivity contribution in [3.05, 3.63) is 128 Å². The molecule has 0 heterocycles. The molecule has 0 N–H and O–H groups in total. The van der Waals surface area contributed by atoms with Crippen LogP contribution in [0.3, 0.4) is 0 Å². The van der Waals surface area contributed by atoms with Gasteiger partial charge in [0.25, 0.3) is 0 Å². The van der Waals surface area contributed by atoms with Crippen LogP contribution in [0.25, 0.3) is 0 Å². The second kappa shape index (κ2) is 17.9. The van der Waals surface area contributed by atoms with Crippen LogP contribution in [-0.2, 0) is 0 Å². The van der Waals surface area contributed by atoms with Crippen LogP contribution in [0.4, 0.5) is 0 Å². The van der Waals surface area contributed by atoms with Crippen molar-refractivity contribution in [2.45, 2.75) is 41.9 Å². The molecular formula is C32H52SiSn4. The van der Waals surface area contributed by atoms with Gasteiger partial charge in [-0.1, -0.05) is 0 Å². The predicted molar refractivity (Wildman–Crippen MR) is 190 cm³/mol. The Bertz CT molecular complexity index is 673. The fourth-order valence-electron chi connectivity index (χ4n) is 4.90. The predicted octanol–water partition coefficient (Wildman–Crippen LogP) is 9.93. The molecule has 0 amide bonds. The molecule has 0 aliphatic heterocycles. The SMILES string of the molecule is C=[CH][Sn]([CH]=C)([CH]=C)[CH2]C[Si](C[CH2][Sn]([CH]=C)([CH]=C)[CH]=C)(C[CH2][Sn]([CH]=C)([CH]=C)[CH]=C)C[CH2][Sn]([CH]=C)([CH]=C)[CH]=C. The molecule has 0 unspecified atom stereocenters. The Morgan fingerprint density at radius 3 is 0.541 bits per heavy atom. The topological polar surface area (TPSA) is 0 Å². The van der Waals surface area contributed by atoms with Gasteiger partial charge in [0.2, 0.25) is 0 Å². The van der Waals surface area contributed by atoms with Gasteiger partial charge in [-0.2, -0.15) is 0 Å². The Morgan fingerprint density at radius 1 is 0.297 bits per heavy atom. The Kier molecular flexibility index (Phi) is 18.0. The normalized spacial score (nSPS) is 12.3. The van der Waals surface area contributed by atoms with Gasteiger partial charge < -0.3 is 0 Å². The molecule has 0 spiro atoms. The van der Waals surface area contributed by atoms with Gasteiger partial charge in [0.15, 0.2) is 0 Å². The van der Waals surface area contributed by atoms with Gasteiger partial charge in [-0.15, -0.1) is 0 Å². The summed E-state index contributed by atoms with van der Waals surface area (Å²) in [5, 5.41) is 0. The monoisotopic (exact) mass is 944 g/mol. The minimum atomic E-state index is -2.79. The van der Waals surface area contributed by atoms with E-state index in [0.717, 1.165) is 0 Å². The van der Waals surface area contributed by atoms with Gasteiger partial charge in [-0.25, -0.2) is 0 Å². The van der Waals surface area contributed by atoms with Crippen molar-refractivity contribution in [3.63, 3.8) is 0 Å². The zero-order valence-corrected chi connectivity index (χ0v) is 36.0. The van der Waals surface area contributed by atoms with E-state index >= 15 is 0 Å². The molecule has 5 heteroatoms. The zero-order valence-electron chi connectivity index (χ0n) is 23.6. The molecule has 0 bridgehead atoms. The summed E-state index contributed by atoms with van der Waals surface area (Å²) >= 11 is -11.2. The van der Waals surface area contributed by atoms with Crippen molar-refractivity contribution in [1.82, 2.24) is 0 Å². The first-order valence-electron chi connectivity index (χ1n) is 13.2. The van der Waals surface area contributed by atoms with Gasteiger partial charge in [0.05, 0.1) is 0 Å². The summed E-state index contributed by atoms with van der Waals surface area (Å²) in [7, 11) is -1.79. The Morgan fingerprint density at radius 2 is 0.432 bits per heavy atom. The van der Waals surface area contributed by atoms with Gasteiger partial charge in [-0.05, 0) is 0 Å². The summed E-state index contributed by atoms with van der Waals surface area (Å²) in [5.41, 5.74) is 0. The number of hydrogen-bond donors (Lipinski definition) is 0. The third-order valence-corrected chi connectivity index (χ3v) is 58.6. The van der Waals surface area contributed by atoms with Crippen molar-refractivity contribution in [3.8, 4) is 0 Å². The van der Waals surface area contributed by atoms with Crippen LogP contribution in [0, 0.1) is 0 Å². The molecule has 0 atom stereocenters. The molecular weight excluding hydrogens is 887 g/mol. The Hall–Kier alpha value is 0.292. The molecule has 0 aromatic heterocycles. The van der Waals surface area contributed by atoms with Crippen LogP contribution < -0.4 is 0 Å². The Labute approximate surface area is 248 Å². The molecule has 0 aliphatic carbocycles. The van der Waals surface area contributed by atoms with Crippen molar-refractivity contribution in [2.75, 3.05) is 0 Å². The van der Waals surface area contributed by atoms with Crippen LogP contribution in [0.1, 0.15) is 0 Å². The van der Waals surface area contributed by atoms with Crippen LogP contribution in [0.15, 0.2) is 128 Å². The molecule has 0 saturated heterocycles. The first kappa shape index (κ1) is 37.3. The van der Waals surface area contributed by atoms with E-state index in [-0.39, 0.29) is 0 Å². The van der Waals surface area contributed by atoms with Crippen molar-refractivity contribution >= 4 is 81.6 Å². The van der Waals surface area contributed by atoms with E-state index in [9.17, 15) is 0 Å². The summed E-state index contributed by atoms with van der Waals surface area (Å²) in [6.07, 6.45) is 0. The molecule has 0 rings (SSSR count). The molecule has 37 heavy (non-hydrogen) atoms. The molecule has 0 saturated carbocycles. The summed E-state index contributed by atoms with van der Waals surface area (Å²) in [6.45, 7) is 50.7. The second-order valence-electron chi connectivity index (χ2n) is 10.4. The first-order chi connectivity index (χ1) is 17.6. The van der Waals surface area contributed by atoms with E-state index in [1.165, 1.54) is 41.9 Å². The van der Waals surface area contributed by atoms with Crippen LogP contribution >= 0.6 is 0 Å². The molecule has 0 aliphatic rings. The van der Waals surface area contributed by atoms with Crippen LogP contribution in [0.2, 0.25) is 41.9 Å². The molecule has 0 nitrogen and oxygen atoms in total. The van der Waals surface area contributed by atoms with E-state index in [4.69, 9.17) is 0 Å². The summed E-state index contributed by atoms with van der Waals surface area (Å²) in [5.74, 6) is 0. The molecule has 0 radical (unpaired) electrons. The summed E-state index contributed by atoms with van der Waals surface area (Å²) in [6, 6.07) is 5.12. The standard InChI is InChI=1S/C8H16Si.12C2H3.4Sn/c1-5-9(6-2,7-3)8-4;12*1-2;;;;/h1-8H2;12*1H,2H2;;;;. The van der Waals surface area contributed by atoms with E-state index in [1.807, 2.05) is 0 Å². The van der Waals surface area contributed by atoms with Crippen molar-refractivity contribution < 1.29 is 0 Å². The number of hydrogen-bond acceptors (Lipinski definition) is 0. The van der Waals surface area contributed by atoms with Crippen LogP contribution in [-0.4, -0.2) is 81.6 Å². The maximum absolute atomic E-state index is 4.23. The maximum atomic E-state index is 4.23. The van der Waals surface area contributed by atoms with Crippen molar-refractivity contribution in [2.24, 2.45) is 0 Å². The van der Waals surface area contributed by atoms with E-state index in [2.05, 4.69) is 128 Å². The third kappa shape index (κ3) is 10.3. The van der Waals surface area contributed by atoms with E-state index in [1.54, 1.807) is 0 Å². The van der Waals surface area contributed by atoms with Gasteiger partial charge in [0, 0.05) is 0 Å². The molecule has 0 aromatic carbocycles. The van der Waals surface area contributed by atoms with Gasteiger partial charge >= 0.3 is 252 Å². The fraction of sp³-hybridized carbons (Fsp3) is 0.250.